The third-order valence-corrected chi connectivity index (χ3v) is 5.95. The molecule has 2 atom stereocenters. The van der Waals surface area contributed by atoms with Crippen molar-refractivity contribution in [2.24, 2.45) is 0 Å². The van der Waals surface area contributed by atoms with Crippen LogP contribution < -0.4 is 10.6 Å². The Bertz CT molecular complexity index is 1000. The minimum atomic E-state index is -0.272. The first-order valence-corrected chi connectivity index (χ1v) is 10.4. The number of likely N-dealkylation sites (tertiary alicyclic amines) is 2. The summed E-state index contributed by atoms with van der Waals surface area (Å²) in [5.74, 6) is -0.113. The number of benzene rings is 1. The van der Waals surface area contributed by atoms with Gasteiger partial charge in [-0.2, -0.15) is 5.26 Å². The Morgan fingerprint density at radius 2 is 2.13 bits per heavy atom. The SMILES string of the molecule is CNC(=O)c1ccc(N[C@H]2CCN(CC(=O)N3CCCC3C#N)C2)c2cccnc12. The fourth-order valence-electron chi connectivity index (χ4n) is 4.41. The lowest BCUT2D eigenvalue weighted by atomic mass is 10.1. The van der Waals surface area contributed by atoms with Gasteiger partial charge in [0.25, 0.3) is 5.91 Å². The first kappa shape index (κ1) is 20.1. The van der Waals surface area contributed by atoms with Crippen molar-refractivity contribution < 1.29 is 9.59 Å². The van der Waals surface area contributed by atoms with Crippen LogP contribution >= 0.6 is 0 Å². The molecule has 2 fully saturated rings. The van der Waals surface area contributed by atoms with Crippen molar-refractivity contribution in [3.63, 3.8) is 0 Å². The zero-order valence-electron chi connectivity index (χ0n) is 17.1. The number of fused-ring (bicyclic) bond motifs is 1. The summed E-state index contributed by atoms with van der Waals surface area (Å²) < 4.78 is 0. The fraction of sp³-hybridized carbons (Fsp3) is 0.455. The van der Waals surface area contributed by atoms with E-state index in [-0.39, 0.29) is 23.9 Å². The molecule has 1 aromatic heterocycles. The predicted molar refractivity (Wildman–Crippen MR) is 114 cm³/mol. The Kier molecular flexibility index (Phi) is 5.81. The van der Waals surface area contributed by atoms with Crippen molar-refractivity contribution in [2.45, 2.75) is 31.3 Å². The number of carbonyl (C=O) groups excluding carboxylic acids is 2. The Balaban J connectivity index is 1.43. The van der Waals surface area contributed by atoms with E-state index < -0.39 is 0 Å². The number of rotatable bonds is 5. The molecule has 0 spiro atoms. The van der Waals surface area contributed by atoms with Gasteiger partial charge in [-0.1, -0.05) is 0 Å². The monoisotopic (exact) mass is 406 g/mol. The van der Waals surface area contributed by atoms with Crippen LogP contribution in [0.15, 0.2) is 30.5 Å². The van der Waals surface area contributed by atoms with E-state index in [0.717, 1.165) is 43.4 Å². The van der Waals surface area contributed by atoms with E-state index in [1.807, 2.05) is 18.2 Å². The first-order valence-electron chi connectivity index (χ1n) is 10.4. The summed E-state index contributed by atoms with van der Waals surface area (Å²) in [5.41, 5.74) is 2.16. The number of amides is 2. The molecule has 0 aliphatic carbocycles. The van der Waals surface area contributed by atoms with Crippen LogP contribution in [0.4, 0.5) is 5.69 Å². The molecule has 1 unspecified atom stereocenters. The van der Waals surface area contributed by atoms with E-state index >= 15 is 0 Å². The van der Waals surface area contributed by atoms with Crippen molar-refractivity contribution in [3.8, 4) is 6.07 Å². The van der Waals surface area contributed by atoms with E-state index in [0.29, 0.717) is 24.2 Å². The van der Waals surface area contributed by atoms with E-state index in [4.69, 9.17) is 0 Å². The number of pyridine rings is 1. The molecule has 2 aromatic rings. The molecular formula is C22H26N6O2. The number of anilines is 1. The highest BCUT2D eigenvalue weighted by molar-refractivity contribution is 6.08. The average Bonchev–Trinajstić information content (AvgIpc) is 3.42. The molecule has 30 heavy (non-hydrogen) atoms. The molecule has 156 valence electrons. The third kappa shape index (κ3) is 3.94. The molecule has 1 aromatic carbocycles. The second kappa shape index (κ2) is 8.67. The minimum Gasteiger partial charge on any atom is -0.380 e. The Labute approximate surface area is 175 Å². The minimum absolute atomic E-state index is 0.0456. The number of nitriles is 1. The summed E-state index contributed by atoms with van der Waals surface area (Å²) in [5, 5.41) is 16.3. The van der Waals surface area contributed by atoms with Gasteiger partial charge >= 0.3 is 0 Å². The summed E-state index contributed by atoms with van der Waals surface area (Å²) in [7, 11) is 1.61. The summed E-state index contributed by atoms with van der Waals surface area (Å²) in [6.45, 7) is 2.63. The largest absolute Gasteiger partial charge is 0.380 e. The van der Waals surface area contributed by atoms with Crippen LogP contribution in [-0.2, 0) is 4.79 Å². The smallest absolute Gasteiger partial charge is 0.253 e. The lowest BCUT2D eigenvalue weighted by Gasteiger charge is -2.23. The number of hydrogen-bond acceptors (Lipinski definition) is 6. The van der Waals surface area contributed by atoms with Gasteiger partial charge in [0, 0.05) is 50.0 Å². The summed E-state index contributed by atoms with van der Waals surface area (Å²) >= 11 is 0. The van der Waals surface area contributed by atoms with Crippen LogP contribution in [-0.4, -0.2) is 71.9 Å². The standard InChI is InChI=1S/C22H26N6O2/c1-24-22(30)18-6-7-19(17-5-2-9-25-21(17)18)26-15-8-11-27(13-15)14-20(29)28-10-3-4-16(28)12-23/h2,5-7,9,15-16,26H,3-4,8,10-11,13-14H2,1H3,(H,24,30)/t15-,16?/m0/s1. The molecule has 2 aliphatic rings. The van der Waals surface area contributed by atoms with Gasteiger partial charge in [0.1, 0.15) is 6.04 Å². The van der Waals surface area contributed by atoms with Crippen molar-refractivity contribution in [1.29, 1.82) is 5.26 Å². The van der Waals surface area contributed by atoms with Gasteiger partial charge in [-0.15, -0.1) is 0 Å². The number of nitrogens with one attached hydrogen (secondary N) is 2. The lowest BCUT2D eigenvalue weighted by Crippen LogP contribution is -2.42. The fourth-order valence-corrected chi connectivity index (χ4v) is 4.41. The topological polar surface area (TPSA) is 101 Å². The molecule has 0 radical (unpaired) electrons. The molecule has 0 saturated carbocycles. The lowest BCUT2D eigenvalue weighted by molar-refractivity contribution is -0.132. The van der Waals surface area contributed by atoms with Crippen molar-refractivity contribution in [3.05, 3.63) is 36.0 Å². The Morgan fingerprint density at radius 3 is 2.93 bits per heavy atom. The normalized spacial score (nSPS) is 21.5. The maximum absolute atomic E-state index is 12.6. The van der Waals surface area contributed by atoms with Gasteiger partial charge < -0.3 is 15.5 Å². The molecule has 2 N–H and O–H groups in total. The van der Waals surface area contributed by atoms with Crippen LogP contribution in [0, 0.1) is 11.3 Å². The van der Waals surface area contributed by atoms with Crippen molar-refractivity contribution in [1.82, 2.24) is 20.1 Å². The molecule has 0 bridgehead atoms. The summed E-state index contributed by atoms with van der Waals surface area (Å²) in [4.78, 5) is 33.0. The third-order valence-electron chi connectivity index (χ3n) is 5.95. The second-order valence-corrected chi connectivity index (χ2v) is 7.88. The number of hydrogen-bond donors (Lipinski definition) is 2. The van der Waals surface area contributed by atoms with E-state index in [2.05, 4.69) is 26.6 Å². The molecule has 2 saturated heterocycles. The first-order chi connectivity index (χ1) is 14.6. The highest BCUT2D eigenvalue weighted by atomic mass is 16.2. The van der Waals surface area contributed by atoms with Crippen LogP contribution in [0.2, 0.25) is 0 Å². The van der Waals surface area contributed by atoms with E-state index in [1.54, 1.807) is 24.2 Å². The second-order valence-electron chi connectivity index (χ2n) is 7.88. The molecule has 8 heteroatoms. The molecule has 3 heterocycles. The van der Waals surface area contributed by atoms with E-state index in [1.165, 1.54) is 0 Å². The zero-order chi connectivity index (χ0) is 21.1. The Morgan fingerprint density at radius 1 is 1.27 bits per heavy atom. The summed E-state index contributed by atoms with van der Waals surface area (Å²) in [6, 6.07) is 9.71. The molecular weight excluding hydrogens is 380 g/mol. The molecule has 2 amide bonds. The van der Waals surface area contributed by atoms with Gasteiger partial charge in [0.15, 0.2) is 0 Å². The average molecular weight is 406 g/mol. The highest BCUT2D eigenvalue weighted by Gasteiger charge is 2.31. The van der Waals surface area contributed by atoms with Crippen molar-refractivity contribution in [2.75, 3.05) is 38.5 Å². The van der Waals surface area contributed by atoms with E-state index in [9.17, 15) is 14.9 Å². The highest BCUT2D eigenvalue weighted by Crippen LogP contribution is 2.27. The Hall–Kier alpha value is -3.18. The van der Waals surface area contributed by atoms with Crippen LogP contribution in [0.25, 0.3) is 10.9 Å². The van der Waals surface area contributed by atoms with Gasteiger partial charge in [0.05, 0.1) is 23.7 Å². The molecule has 4 rings (SSSR count). The van der Waals surface area contributed by atoms with Crippen LogP contribution in [0.1, 0.15) is 29.6 Å². The maximum atomic E-state index is 12.6. The molecule has 8 nitrogen and oxygen atoms in total. The summed E-state index contributed by atoms with van der Waals surface area (Å²) in [6.07, 6.45) is 4.29. The van der Waals surface area contributed by atoms with Gasteiger partial charge in [-0.3, -0.25) is 19.5 Å². The predicted octanol–water partition coefficient (Wildman–Crippen LogP) is 1.60. The quantitative estimate of drug-likeness (QED) is 0.782. The van der Waals surface area contributed by atoms with Crippen LogP contribution in [0.3, 0.4) is 0 Å². The van der Waals surface area contributed by atoms with Crippen LogP contribution in [0.5, 0.6) is 0 Å². The zero-order valence-corrected chi connectivity index (χ0v) is 17.1. The van der Waals surface area contributed by atoms with Gasteiger partial charge in [-0.25, -0.2) is 0 Å². The van der Waals surface area contributed by atoms with Gasteiger partial charge in [-0.05, 0) is 43.5 Å². The molecule has 2 aliphatic heterocycles. The van der Waals surface area contributed by atoms with Gasteiger partial charge in [0.2, 0.25) is 5.91 Å². The maximum Gasteiger partial charge on any atom is 0.253 e. The number of nitrogens with zero attached hydrogens (tertiary/aromatic N) is 4. The van der Waals surface area contributed by atoms with Crippen molar-refractivity contribution >= 4 is 28.4 Å². The number of carbonyl (C=O) groups is 2. The number of aromatic nitrogens is 1.